The Kier molecular flexibility index (Phi) is 3.41. The Labute approximate surface area is 95.8 Å². The number of aromatic nitrogens is 1. The maximum atomic E-state index is 6.22. The molecule has 4 nitrogen and oxygen atoms in total. The van der Waals surface area contributed by atoms with Crippen molar-refractivity contribution in [3.8, 4) is 5.75 Å². The van der Waals surface area contributed by atoms with Crippen LogP contribution >= 0.6 is 0 Å². The molecule has 2 N–H and O–H groups in total. The quantitative estimate of drug-likeness (QED) is 0.842. The van der Waals surface area contributed by atoms with Gasteiger partial charge in [-0.2, -0.15) is 0 Å². The molecule has 1 aromatic heterocycles. The van der Waals surface area contributed by atoms with E-state index in [-0.39, 0.29) is 6.04 Å². The summed E-state index contributed by atoms with van der Waals surface area (Å²) in [5.41, 5.74) is 7.04. The van der Waals surface area contributed by atoms with Crippen LogP contribution in [0.15, 0.2) is 18.3 Å². The third-order valence-corrected chi connectivity index (χ3v) is 3.07. The Morgan fingerprint density at radius 3 is 3.06 bits per heavy atom. The van der Waals surface area contributed by atoms with Gasteiger partial charge in [-0.05, 0) is 25.5 Å². The van der Waals surface area contributed by atoms with Crippen LogP contribution < -0.4 is 10.5 Å². The minimum absolute atomic E-state index is 0.110. The van der Waals surface area contributed by atoms with Crippen LogP contribution in [0.1, 0.15) is 25.1 Å². The van der Waals surface area contributed by atoms with E-state index in [1.807, 2.05) is 12.1 Å². The van der Waals surface area contributed by atoms with Crippen LogP contribution in [0.25, 0.3) is 0 Å². The normalized spacial score (nSPS) is 26.7. The van der Waals surface area contributed by atoms with Crippen LogP contribution in [0.4, 0.5) is 0 Å². The molecule has 0 amide bonds. The topological polar surface area (TPSA) is 57.4 Å². The Bertz CT molecular complexity index is 357. The first-order chi connectivity index (χ1) is 7.72. The molecule has 0 radical (unpaired) electrons. The van der Waals surface area contributed by atoms with Crippen LogP contribution in [-0.2, 0) is 4.74 Å². The predicted molar refractivity (Wildman–Crippen MR) is 61.2 cm³/mol. The molecule has 1 saturated heterocycles. The molecule has 1 aliphatic rings. The van der Waals surface area contributed by atoms with E-state index >= 15 is 0 Å². The lowest BCUT2D eigenvalue weighted by Crippen LogP contribution is -2.23. The summed E-state index contributed by atoms with van der Waals surface area (Å²) in [6.07, 6.45) is 3.03. The van der Waals surface area contributed by atoms with E-state index in [1.54, 1.807) is 13.3 Å². The van der Waals surface area contributed by atoms with Crippen LogP contribution in [0.5, 0.6) is 5.75 Å². The number of ether oxygens (including phenoxy) is 2. The molecule has 3 atom stereocenters. The van der Waals surface area contributed by atoms with Crippen molar-refractivity contribution in [3.05, 3.63) is 24.0 Å². The minimum Gasteiger partial charge on any atom is -0.495 e. The molecule has 0 aliphatic carbocycles. The summed E-state index contributed by atoms with van der Waals surface area (Å²) in [6.45, 7) is 2.78. The maximum absolute atomic E-state index is 6.22. The molecule has 0 bridgehead atoms. The van der Waals surface area contributed by atoms with Crippen LogP contribution in [-0.4, -0.2) is 24.8 Å². The number of methoxy groups -OCH3 is 1. The first-order valence-corrected chi connectivity index (χ1v) is 5.58. The highest BCUT2D eigenvalue weighted by atomic mass is 16.5. The number of hydrogen-bond acceptors (Lipinski definition) is 4. The van der Waals surface area contributed by atoms with Gasteiger partial charge < -0.3 is 15.2 Å². The van der Waals surface area contributed by atoms with Crippen molar-refractivity contribution in [2.75, 3.05) is 13.7 Å². The summed E-state index contributed by atoms with van der Waals surface area (Å²) < 4.78 is 10.8. The van der Waals surface area contributed by atoms with Crippen molar-refractivity contribution >= 4 is 0 Å². The Morgan fingerprint density at radius 1 is 1.62 bits per heavy atom. The van der Waals surface area contributed by atoms with Gasteiger partial charge in [-0.3, -0.25) is 4.98 Å². The van der Waals surface area contributed by atoms with Gasteiger partial charge in [-0.15, -0.1) is 0 Å². The fourth-order valence-corrected chi connectivity index (χ4v) is 2.15. The molecule has 0 aromatic carbocycles. The van der Waals surface area contributed by atoms with Gasteiger partial charge in [0.1, 0.15) is 5.75 Å². The van der Waals surface area contributed by atoms with Gasteiger partial charge in [-0.25, -0.2) is 0 Å². The third kappa shape index (κ3) is 2.18. The molecule has 16 heavy (non-hydrogen) atoms. The number of nitrogens with zero attached hydrogens (tertiary/aromatic N) is 1. The molecule has 3 unspecified atom stereocenters. The lowest BCUT2D eigenvalue weighted by molar-refractivity contribution is 0.118. The van der Waals surface area contributed by atoms with E-state index in [0.29, 0.717) is 18.6 Å². The number of pyridine rings is 1. The third-order valence-electron chi connectivity index (χ3n) is 3.07. The summed E-state index contributed by atoms with van der Waals surface area (Å²) in [7, 11) is 1.64. The Hall–Kier alpha value is -1.13. The van der Waals surface area contributed by atoms with Crippen molar-refractivity contribution < 1.29 is 9.47 Å². The Balaban J connectivity index is 2.16. The van der Waals surface area contributed by atoms with Crippen LogP contribution in [0, 0.1) is 5.92 Å². The molecule has 4 heteroatoms. The lowest BCUT2D eigenvalue weighted by Gasteiger charge is -2.19. The lowest BCUT2D eigenvalue weighted by atomic mass is 9.94. The van der Waals surface area contributed by atoms with Crippen molar-refractivity contribution in [2.45, 2.75) is 25.5 Å². The van der Waals surface area contributed by atoms with Gasteiger partial charge >= 0.3 is 0 Å². The summed E-state index contributed by atoms with van der Waals surface area (Å²) in [5.74, 6) is 1.09. The first-order valence-electron chi connectivity index (χ1n) is 5.58. The van der Waals surface area contributed by atoms with E-state index in [2.05, 4.69) is 11.9 Å². The maximum Gasteiger partial charge on any atom is 0.141 e. The second-order valence-electron chi connectivity index (χ2n) is 4.26. The number of nitrogens with two attached hydrogens (primary N) is 1. The number of hydrogen-bond donors (Lipinski definition) is 1. The van der Waals surface area contributed by atoms with E-state index in [1.165, 1.54) is 0 Å². The van der Waals surface area contributed by atoms with Crippen LogP contribution in [0.2, 0.25) is 0 Å². The highest BCUT2D eigenvalue weighted by molar-refractivity contribution is 5.29. The molecule has 1 aromatic rings. The summed E-state index contributed by atoms with van der Waals surface area (Å²) in [4.78, 5) is 4.31. The molecular formula is C12H18N2O2. The average molecular weight is 222 g/mol. The summed E-state index contributed by atoms with van der Waals surface area (Å²) in [6, 6.07) is 3.63. The van der Waals surface area contributed by atoms with Gasteiger partial charge in [0.15, 0.2) is 0 Å². The highest BCUT2D eigenvalue weighted by Gasteiger charge is 2.30. The summed E-state index contributed by atoms with van der Waals surface area (Å²) in [5, 5.41) is 0. The van der Waals surface area contributed by atoms with Gasteiger partial charge in [-0.1, -0.05) is 0 Å². The minimum atomic E-state index is -0.110. The summed E-state index contributed by atoms with van der Waals surface area (Å²) >= 11 is 0. The Morgan fingerprint density at radius 2 is 2.44 bits per heavy atom. The zero-order valence-corrected chi connectivity index (χ0v) is 9.72. The van der Waals surface area contributed by atoms with E-state index in [0.717, 1.165) is 17.9 Å². The fourth-order valence-electron chi connectivity index (χ4n) is 2.15. The molecule has 2 heterocycles. The second kappa shape index (κ2) is 4.80. The van der Waals surface area contributed by atoms with Crippen molar-refractivity contribution in [2.24, 2.45) is 11.7 Å². The van der Waals surface area contributed by atoms with Crippen LogP contribution in [0.3, 0.4) is 0 Å². The zero-order chi connectivity index (χ0) is 11.5. The van der Waals surface area contributed by atoms with Crippen molar-refractivity contribution in [1.82, 2.24) is 4.98 Å². The molecule has 1 fully saturated rings. The highest BCUT2D eigenvalue weighted by Crippen LogP contribution is 2.32. The molecule has 0 saturated carbocycles. The van der Waals surface area contributed by atoms with Gasteiger partial charge in [0.25, 0.3) is 0 Å². The standard InChI is InChI=1S/C12H18N2O2/c1-8-6-9(7-16-8)11(13)12-10(15-2)4-3-5-14-12/h3-5,8-9,11H,6-7,13H2,1-2H3. The van der Waals surface area contributed by atoms with Gasteiger partial charge in [0, 0.05) is 12.1 Å². The average Bonchev–Trinajstić information content (AvgIpc) is 2.75. The number of rotatable bonds is 3. The molecule has 0 spiro atoms. The largest absolute Gasteiger partial charge is 0.495 e. The molecular weight excluding hydrogens is 204 g/mol. The van der Waals surface area contributed by atoms with Gasteiger partial charge in [0.05, 0.1) is 31.6 Å². The SMILES string of the molecule is COc1cccnc1C(N)C1COC(C)C1. The predicted octanol–water partition coefficient (Wildman–Crippen LogP) is 1.51. The van der Waals surface area contributed by atoms with Crippen molar-refractivity contribution in [3.63, 3.8) is 0 Å². The molecule has 88 valence electrons. The zero-order valence-electron chi connectivity index (χ0n) is 9.72. The fraction of sp³-hybridized carbons (Fsp3) is 0.583. The van der Waals surface area contributed by atoms with Crippen molar-refractivity contribution in [1.29, 1.82) is 0 Å². The van der Waals surface area contributed by atoms with E-state index in [4.69, 9.17) is 15.2 Å². The van der Waals surface area contributed by atoms with Gasteiger partial charge in [0.2, 0.25) is 0 Å². The smallest absolute Gasteiger partial charge is 0.141 e. The monoisotopic (exact) mass is 222 g/mol. The first kappa shape index (κ1) is 11.4. The van der Waals surface area contributed by atoms with E-state index in [9.17, 15) is 0 Å². The van der Waals surface area contributed by atoms with E-state index < -0.39 is 0 Å². The molecule has 1 aliphatic heterocycles. The molecule has 2 rings (SSSR count). The second-order valence-corrected chi connectivity index (χ2v) is 4.26.